The Balaban J connectivity index is 1.70. The number of nitrogens with zero attached hydrogens (tertiary/aromatic N) is 4. The third-order valence-electron chi connectivity index (χ3n) is 4.85. The van der Waals surface area contributed by atoms with Gasteiger partial charge in [-0.25, -0.2) is 18.7 Å². The van der Waals surface area contributed by atoms with Crippen LogP contribution in [0.2, 0.25) is 0 Å². The van der Waals surface area contributed by atoms with Gasteiger partial charge in [-0.1, -0.05) is 6.07 Å². The van der Waals surface area contributed by atoms with E-state index in [2.05, 4.69) is 9.97 Å². The van der Waals surface area contributed by atoms with Gasteiger partial charge in [0.1, 0.15) is 5.69 Å². The molecule has 2 N–H and O–H groups in total. The molecule has 0 saturated carbocycles. The van der Waals surface area contributed by atoms with Crippen molar-refractivity contribution in [3.63, 3.8) is 0 Å². The van der Waals surface area contributed by atoms with Crippen molar-refractivity contribution in [2.45, 2.75) is 25.4 Å². The molecule has 0 unspecified atom stereocenters. The molecule has 146 valence electrons. The Hall–Kier alpha value is -2.65. The summed E-state index contributed by atoms with van der Waals surface area (Å²) in [4.78, 5) is 23.5. The predicted octanol–water partition coefficient (Wildman–Crippen LogP) is 2.90. The quantitative estimate of drug-likeness (QED) is 0.727. The van der Waals surface area contributed by atoms with E-state index in [-0.39, 0.29) is 18.5 Å². The number of aromatic nitrogens is 3. The van der Waals surface area contributed by atoms with Gasteiger partial charge in [0.2, 0.25) is 0 Å². The van der Waals surface area contributed by atoms with E-state index < -0.39 is 11.6 Å². The van der Waals surface area contributed by atoms with E-state index in [0.29, 0.717) is 35.2 Å². The average Bonchev–Trinajstić information content (AvgIpc) is 3.34. The number of amides is 1. The number of halogens is 2. The Kier molecular flexibility index (Phi) is 5.19. The van der Waals surface area contributed by atoms with Crippen LogP contribution >= 0.6 is 11.3 Å². The van der Waals surface area contributed by atoms with Gasteiger partial charge in [0, 0.05) is 30.7 Å². The van der Waals surface area contributed by atoms with Gasteiger partial charge in [-0.3, -0.25) is 4.79 Å². The van der Waals surface area contributed by atoms with Crippen LogP contribution in [0.25, 0.3) is 10.8 Å². The number of likely N-dealkylation sites (tertiary alicyclic amines) is 1. The number of benzene rings is 1. The lowest BCUT2D eigenvalue weighted by Gasteiger charge is -2.30. The van der Waals surface area contributed by atoms with Crippen molar-refractivity contribution in [3.8, 4) is 10.8 Å². The van der Waals surface area contributed by atoms with E-state index in [4.69, 9.17) is 5.73 Å². The van der Waals surface area contributed by atoms with E-state index in [9.17, 15) is 13.6 Å². The van der Waals surface area contributed by atoms with Crippen molar-refractivity contribution < 1.29 is 13.6 Å². The van der Waals surface area contributed by atoms with Gasteiger partial charge >= 0.3 is 0 Å². The number of hydrogen-bond acceptors (Lipinski definition) is 5. The Bertz CT molecular complexity index is 980. The maximum atomic E-state index is 13.7. The lowest BCUT2D eigenvalue weighted by molar-refractivity contribution is 0.0704. The van der Waals surface area contributed by atoms with Gasteiger partial charge in [0.25, 0.3) is 5.91 Å². The van der Waals surface area contributed by atoms with Crippen molar-refractivity contribution in [3.05, 3.63) is 58.9 Å². The van der Waals surface area contributed by atoms with E-state index in [1.54, 1.807) is 15.7 Å². The minimum Gasteiger partial charge on any atom is -0.337 e. The van der Waals surface area contributed by atoms with Gasteiger partial charge in [0.05, 0.1) is 12.7 Å². The summed E-state index contributed by atoms with van der Waals surface area (Å²) in [5, 5.41) is 2.47. The Morgan fingerprint density at radius 2 is 2.00 bits per heavy atom. The summed E-state index contributed by atoms with van der Waals surface area (Å²) in [5.74, 6) is -1.46. The summed E-state index contributed by atoms with van der Waals surface area (Å²) >= 11 is 1.40. The van der Waals surface area contributed by atoms with Crippen molar-refractivity contribution in [1.82, 2.24) is 19.4 Å². The molecule has 3 aromatic rings. The highest BCUT2D eigenvalue weighted by molar-refractivity contribution is 7.13. The second kappa shape index (κ2) is 7.76. The number of carbonyl (C=O) groups excluding carboxylic acids is 1. The fraction of sp³-hybridized carbons (Fsp3) is 0.316. The highest BCUT2D eigenvalue weighted by Gasteiger charge is 2.26. The lowest BCUT2D eigenvalue weighted by atomic mass is 10.1. The van der Waals surface area contributed by atoms with Crippen LogP contribution in [0.15, 0.2) is 36.0 Å². The van der Waals surface area contributed by atoms with Crippen LogP contribution in [-0.4, -0.2) is 44.5 Å². The fourth-order valence-electron chi connectivity index (χ4n) is 3.30. The highest BCUT2D eigenvalue weighted by atomic mass is 32.1. The van der Waals surface area contributed by atoms with Gasteiger partial charge in [-0.05, 0) is 30.5 Å². The van der Waals surface area contributed by atoms with Crippen molar-refractivity contribution in [1.29, 1.82) is 0 Å². The molecule has 28 heavy (non-hydrogen) atoms. The molecule has 1 saturated heterocycles. The van der Waals surface area contributed by atoms with Gasteiger partial charge in [-0.2, -0.15) is 0 Å². The first-order chi connectivity index (χ1) is 13.5. The number of nitrogens with two attached hydrogens (primary N) is 1. The van der Waals surface area contributed by atoms with Crippen LogP contribution in [0.4, 0.5) is 8.78 Å². The molecule has 0 atom stereocenters. The Labute approximate surface area is 164 Å². The molecular weight excluding hydrogens is 384 g/mol. The summed E-state index contributed by atoms with van der Waals surface area (Å²) in [5.41, 5.74) is 6.86. The fourth-order valence-corrected chi connectivity index (χ4v) is 3.94. The first-order valence-corrected chi connectivity index (χ1v) is 9.85. The Morgan fingerprint density at radius 1 is 1.21 bits per heavy atom. The SMILES string of the molecule is NC1CCN(C(=O)c2cnc(-c3nccs3)n2Cc2ccc(F)c(F)c2)CC1. The molecule has 1 aliphatic heterocycles. The van der Waals surface area contributed by atoms with E-state index in [0.717, 1.165) is 25.0 Å². The molecule has 4 rings (SSSR count). The standard InChI is InChI=1S/C19H19F2N5OS/c20-14-2-1-12(9-15(14)21)11-26-16(10-24-17(26)18-23-5-8-28-18)19(27)25-6-3-13(22)4-7-25/h1-2,5,8-10,13H,3-4,6-7,11,22H2. The monoisotopic (exact) mass is 403 g/mol. The molecule has 1 aromatic carbocycles. The third-order valence-corrected chi connectivity index (χ3v) is 5.62. The second-order valence-electron chi connectivity index (χ2n) is 6.77. The van der Waals surface area contributed by atoms with Crippen LogP contribution < -0.4 is 5.73 Å². The largest absolute Gasteiger partial charge is 0.337 e. The van der Waals surface area contributed by atoms with Crippen molar-refractivity contribution in [2.75, 3.05) is 13.1 Å². The van der Waals surface area contributed by atoms with Gasteiger partial charge in [0.15, 0.2) is 22.5 Å². The van der Waals surface area contributed by atoms with Crippen LogP contribution in [-0.2, 0) is 6.54 Å². The van der Waals surface area contributed by atoms with Crippen molar-refractivity contribution >= 4 is 17.2 Å². The molecule has 1 aliphatic rings. The van der Waals surface area contributed by atoms with E-state index in [1.807, 2.05) is 5.38 Å². The summed E-state index contributed by atoms with van der Waals surface area (Å²) in [6.45, 7) is 1.35. The molecular formula is C19H19F2N5OS. The van der Waals surface area contributed by atoms with Crippen LogP contribution in [0.3, 0.4) is 0 Å². The molecule has 1 amide bonds. The zero-order chi connectivity index (χ0) is 19.7. The number of hydrogen-bond donors (Lipinski definition) is 1. The normalized spacial score (nSPS) is 15.2. The minimum absolute atomic E-state index is 0.113. The van der Waals surface area contributed by atoms with Crippen molar-refractivity contribution in [2.24, 2.45) is 5.73 Å². The summed E-state index contributed by atoms with van der Waals surface area (Å²) in [6, 6.07) is 3.83. The van der Waals surface area contributed by atoms with Gasteiger partial charge in [-0.15, -0.1) is 11.3 Å². The van der Waals surface area contributed by atoms with E-state index in [1.165, 1.54) is 23.6 Å². The van der Waals surface area contributed by atoms with Crippen LogP contribution in [0.5, 0.6) is 0 Å². The zero-order valence-electron chi connectivity index (χ0n) is 15.0. The molecule has 2 aromatic heterocycles. The maximum Gasteiger partial charge on any atom is 0.272 e. The first-order valence-electron chi connectivity index (χ1n) is 8.97. The number of imidazole rings is 1. The molecule has 1 fully saturated rings. The average molecular weight is 403 g/mol. The predicted molar refractivity (Wildman–Crippen MR) is 102 cm³/mol. The third kappa shape index (κ3) is 3.67. The van der Waals surface area contributed by atoms with Gasteiger partial charge < -0.3 is 15.2 Å². The molecule has 0 spiro atoms. The lowest BCUT2D eigenvalue weighted by Crippen LogP contribution is -2.43. The topological polar surface area (TPSA) is 77.0 Å². The molecule has 0 radical (unpaired) electrons. The zero-order valence-corrected chi connectivity index (χ0v) is 15.8. The number of thiazole rings is 1. The number of carbonyl (C=O) groups is 1. The Morgan fingerprint density at radius 3 is 2.68 bits per heavy atom. The highest BCUT2D eigenvalue weighted by Crippen LogP contribution is 2.25. The summed E-state index contributed by atoms with van der Waals surface area (Å²) in [6.07, 6.45) is 4.68. The molecule has 9 heteroatoms. The molecule has 6 nitrogen and oxygen atoms in total. The first kappa shape index (κ1) is 18.7. The van der Waals surface area contributed by atoms with Crippen LogP contribution in [0.1, 0.15) is 28.9 Å². The molecule has 0 bridgehead atoms. The van der Waals surface area contributed by atoms with E-state index >= 15 is 0 Å². The second-order valence-corrected chi connectivity index (χ2v) is 7.66. The number of piperidine rings is 1. The summed E-state index contributed by atoms with van der Waals surface area (Å²) in [7, 11) is 0. The maximum absolute atomic E-state index is 13.7. The number of rotatable bonds is 4. The molecule has 3 heterocycles. The minimum atomic E-state index is -0.925. The molecule has 0 aliphatic carbocycles. The summed E-state index contributed by atoms with van der Waals surface area (Å²) < 4.78 is 28.7. The van der Waals surface area contributed by atoms with Crippen LogP contribution in [0, 0.1) is 11.6 Å². The smallest absolute Gasteiger partial charge is 0.272 e.